The molecule has 162 valence electrons. The number of carbonyl (C=O) groups excluding carboxylic acids is 2. The van der Waals surface area contributed by atoms with Crippen molar-refractivity contribution in [2.75, 3.05) is 25.6 Å². The summed E-state index contributed by atoms with van der Waals surface area (Å²) in [5.74, 6) is -0.709. The Bertz CT molecular complexity index is 996. The minimum Gasteiger partial charge on any atom is -0.510 e. The molecule has 0 heterocycles. The van der Waals surface area contributed by atoms with Crippen molar-refractivity contribution in [3.8, 4) is 11.5 Å². The van der Waals surface area contributed by atoms with Crippen LogP contribution in [-0.2, 0) is 14.3 Å². The highest BCUT2D eigenvalue weighted by atomic mass is 16.6. The van der Waals surface area contributed by atoms with E-state index in [1.54, 1.807) is 48.5 Å². The van der Waals surface area contributed by atoms with Gasteiger partial charge < -0.3 is 24.6 Å². The number of methoxy groups -OCH3 is 1. The average Bonchev–Trinajstić information content (AvgIpc) is 2.77. The number of hydrogen-bond donors (Lipinski definition) is 2. The number of aliphatic hydroxyl groups excluding tert-OH is 1. The van der Waals surface area contributed by atoms with Crippen LogP contribution in [0.5, 0.6) is 11.5 Å². The molecule has 0 atom stereocenters. The van der Waals surface area contributed by atoms with Crippen LogP contribution >= 0.6 is 0 Å². The molecule has 0 saturated carbocycles. The summed E-state index contributed by atoms with van der Waals surface area (Å²) in [5.41, 5.74) is 0.462. The minimum absolute atomic E-state index is 0.0263. The third-order valence-electron chi connectivity index (χ3n) is 3.79. The lowest BCUT2D eigenvalue weighted by molar-refractivity contribution is -0.138. The number of carbonyl (C=O) groups is 2. The molecular formula is C22H23N3O6. The highest BCUT2D eigenvalue weighted by Crippen LogP contribution is 2.28. The summed E-state index contributed by atoms with van der Waals surface area (Å²) < 4.78 is 15.6. The number of para-hydroxylation sites is 3. The van der Waals surface area contributed by atoms with Crippen LogP contribution in [0.1, 0.15) is 6.92 Å². The smallest absolute Gasteiger partial charge is 0.330 e. The standard InChI is InChI=1S/C22H23N3O6/c1-4-20(27)31-14-13-30-19-12-8-6-10-17(19)24-25-21(15(2)26)22(28)23-16-9-5-7-11-18(16)29-3/h4-12,26H,1,13-14H2,2-3H3,(H,23,28)/b21-15+,25-24?. The molecule has 2 aromatic carbocycles. The largest absolute Gasteiger partial charge is 0.510 e. The molecular weight excluding hydrogens is 402 g/mol. The Hall–Kier alpha value is -4.14. The van der Waals surface area contributed by atoms with Gasteiger partial charge in [0.15, 0.2) is 5.70 Å². The van der Waals surface area contributed by atoms with Crippen LogP contribution in [0.4, 0.5) is 11.4 Å². The van der Waals surface area contributed by atoms with Gasteiger partial charge in [-0.15, -0.1) is 10.2 Å². The van der Waals surface area contributed by atoms with E-state index in [1.807, 2.05) is 0 Å². The number of esters is 1. The van der Waals surface area contributed by atoms with Crippen molar-refractivity contribution in [1.29, 1.82) is 0 Å². The molecule has 1 amide bonds. The summed E-state index contributed by atoms with van der Waals surface area (Å²) in [4.78, 5) is 23.7. The number of hydrogen-bond acceptors (Lipinski definition) is 8. The van der Waals surface area contributed by atoms with Gasteiger partial charge in [-0.2, -0.15) is 0 Å². The van der Waals surface area contributed by atoms with Crippen molar-refractivity contribution < 1.29 is 28.9 Å². The molecule has 0 fully saturated rings. The van der Waals surface area contributed by atoms with Crippen LogP contribution in [0.25, 0.3) is 0 Å². The number of azo groups is 1. The van der Waals surface area contributed by atoms with E-state index in [2.05, 4.69) is 22.1 Å². The van der Waals surface area contributed by atoms with Gasteiger partial charge in [0.1, 0.15) is 36.2 Å². The number of aliphatic hydroxyl groups is 1. The Kier molecular flexibility index (Phi) is 8.78. The van der Waals surface area contributed by atoms with E-state index in [1.165, 1.54) is 14.0 Å². The van der Waals surface area contributed by atoms with E-state index in [-0.39, 0.29) is 24.7 Å². The number of anilines is 1. The first kappa shape index (κ1) is 23.1. The zero-order valence-electron chi connectivity index (χ0n) is 17.2. The predicted molar refractivity (Wildman–Crippen MR) is 115 cm³/mol. The highest BCUT2D eigenvalue weighted by Gasteiger charge is 2.15. The number of nitrogens with zero attached hydrogens (tertiary/aromatic N) is 2. The summed E-state index contributed by atoms with van der Waals surface area (Å²) in [5, 5.41) is 20.5. The lowest BCUT2D eigenvalue weighted by Crippen LogP contribution is -2.15. The van der Waals surface area contributed by atoms with Crippen molar-refractivity contribution in [1.82, 2.24) is 0 Å². The van der Waals surface area contributed by atoms with E-state index >= 15 is 0 Å². The topological polar surface area (TPSA) is 119 Å². The average molecular weight is 425 g/mol. The lowest BCUT2D eigenvalue weighted by atomic mass is 10.2. The third-order valence-corrected chi connectivity index (χ3v) is 3.79. The number of rotatable bonds is 10. The first-order valence-electron chi connectivity index (χ1n) is 9.23. The second-order valence-corrected chi connectivity index (χ2v) is 5.98. The van der Waals surface area contributed by atoms with Crippen LogP contribution in [0, 0.1) is 0 Å². The van der Waals surface area contributed by atoms with Gasteiger partial charge in [0, 0.05) is 6.08 Å². The second-order valence-electron chi connectivity index (χ2n) is 5.98. The lowest BCUT2D eigenvalue weighted by Gasteiger charge is -2.10. The Labute approximate surface area is 179 Å². The summed E-state index contributed by atoms with van der Waals surface area (Å²) in [6, 6.07) is 13.5. The molecule has 0 aliphatic carbocycles. The summed E-state index contributed by atoms with van der Waals surface area (Å²) in [7, 11) is 1.48. The third kappa shape index (κ3) is 7.00. The van der Waals surface area contributed by atoms with Crippen LogP contribution in [-0.4, -0.2) is 37.3 Å². The van der Waals surface area contributed by atoms with Gasteiger partial charge in [0.05, 0.1) is 12.8 Å². The zero-order chi connectivity index (χ0) is 22.6. The summed E-state index contributed by atoms with van der Waals surface area (Å²) in [6.07, 6.45) is 1.06. The van der Waals surface area contributed by atoms with Gasteiger partial charge in [-0.1, -0.05) is 30.8 Å². The Morgan fingerprint density at radius 2 is 1.77 bits per heavy atom. The van der Waals surface area contributed by atoms with Gasteiger partial charge in [0.25, 0.3) is 5.91 Å². The monoisotopic (exact) mass is 425 g/mol. The number of allylic oxidation sites excluding steroid dienone is 1. The molecule has 2 rings (SSSR count). The Morgan fingerprint density at radius 1 is 1.10 bits per heavy atom. The van der Waals surface area contributed by atoms with E-state index in [4.69, 9.17) is 14.2 Å². The molecule has 0 unspecified atom stereocenters. The van der Waals surface area contributed by atoms with Crippen molar-refractivity contribution in [3.05, 3.63) is 72.6 Å². The normalized spacial score (nSPS) is 11.4. The highest BCUT2D eigenvalue weighted by molar-refractivity contribution is 6.04. The molecule has 0 aliphatic rings. The summed E-state index contributed by atoms with van der Waals surface area (Å²) >= 11 is 0. The molecule has 0 aromatic heterocycles. The first-order chi connectivity index (χ1) is 15.0. The van der Waals surface area contributed by atoms with Crippen molar-refractivity contribution in [2.45, 2.75) is 6.92 Å². The number of benzene rings is 2. The molecule has 0 aliphatic heterocycles. The van der Waals surface area contributed by atoms with Gasteiger partial charge in [-0.3, -0.25) is 4.79 Å². The molecule has 31 heavy (non-hydrogen) atoms. The van der Waals surface area contributed by atoms with Crippen LogP contribution in [0.3, 0.4) is 0 Å². The quantitative estimate of drug-likeness (QED) is 0.192. The van der Waals surface area contributed by atoms with E-state index < -0.39 is 11.9 Å². The molecule has 2 N–H and O–H groups in total. The maximum Gasteiger partial charge on any atom is 0.330 e. The minimum atomic E-state index is -0.664. The predicted octanol–water partition coefficient (Wildman–Crippen LogP) is 4.32. The first-order valence-corrected chi connectivity index (χ1v) is 9.23. The van der Waals surface area contributed by atoms with Crippen LogP contribution < -0.4 is 14.8 Å². The molecule has 2 aromatic rings. The molecule has 9 heteroatoms. The fourth-order valence-corrected chi connectivity index (χ4v) is 2.33. The van der Waals surface area contributed by atoms with E-state index in [0.29, 0.717) is 22.9 Å². The number of ether oxygens (including phenoxy) is 3. The fraction of sp³-hybridized carbons (Fsp3) is 0.182. The van der Waals surface area contributed by atoms with E-state index in [0.717, 1.165) is 6.08 Å². The molecule has 0 spiro atoms. The van der Waals surface area contributed by atoms with Gasteiger partial charge in [0.2, 0.25) is 0 Å². The maximum absolute atomic E-state index is 12.6. The van der Waals surface area contributed by atoms with Crippen LogP contribution in [0.2, 0.25) is 0 Å². The van der Waals surface area contributed by atoms with E-state index in [9.17, 15) is 14.7 Å². The van der Waals surface area contributed by atoms with Crippen molar-refractivity contribution in [3.63, 3.8) is 0 Å². The van der Waals surface area contributed by atoms with Gasteiger partial charge in [-0.05, 0) is 31.2 Å². The molecule has 0 radical (unpaired) electrons. The zero-order valence-corrected chi connectivity index (χ0v) is 17.2. The molecule has 0 bridgehead atoms. The number of nitrogens with one attached hydrogen (secondary N) is 1. The van der Waals surface area contributed by atoms with Crippen molar-refractivity contribution >= 4 is 23.3 Å². The SMILES string of the molecule is C=CC(=O)OCCOc1ccccc1N=N/C(C(=O)Nc1ccccc1OC)=C(\C)O. The maximum atomic E-state index is 12.6. The van der Waals surface area contributed by atoms with Crippen molar-refractivity contribution in [2.24, 2.45) is 10.2 Å². The van der Waals surface area contributed by atoms with Gasteiger partial charge in [-0.25, -0.2) is 4.79 Å². The molecule has 0 saturated heterocycles. The molecule has 9 nitrogen and oxygen atoms in total. The Morgan fingerprint density at radius 3 is 2.45 bits per heavy atom. The summed E-state index contributed by atoms with van der Waals surface area (Å²) in [6.45, 7) is 4.75. The second kappa shape index (κ2) is 11.8. The number of amides is 1. The van der Waals surface area contributed by atoms with Gasteiger partial charge >= 0.3 is 5.97 Å². The fourth-order valence-electron chi connectivity index (χ4n) is 2.33. The van der Waals surface area contributed by atoms with Crippen LogP contribution in [0.15, 0.2) is 82.9 Å². The Balaban J connectivity index is 2.12.